The molecule has 0 fully saturated rings. The third kappa shape index (κ3) is 4.15. The van der Waals surface area contributed by atoms with Crippen molar-refractivity contribution in [3.8, 4) is 0 Å². The summed E-state index contributed by atoms with van der Waals surface area (Å²) in [6, 6.07) is 6.85. The fraction of sp³-hybridized carbons (Fsp3) is 0.286. The predicted molar refractivity (Wildman–Crippen MR) is 88.6 cm³/mol. The van der Waals surface area contributed by atoms with Crippen LogP contribution in [-0.2, 0) is 6.42 Å². The van der Waals surface area contributed by atoms with Gasteiger partial charge in [0.2, 0.25) is 0 Å². The lowest BCUT2D eigenvalue weighted by molar-refractivity contribution is 0.548. The maximum Gasteiger partial charge on any atom is 0.123 e. The largest absolute Gasteiger partial charge is 0.310 e. The van der Waals surface area contributed by atoms with Gasteiger partial charge in [0.1, 0.15) is 5.82 Å². The molecule has 0 aliphatic rings. The lowest BCUT2D eigenvalue weighted by Gasteiger charge is -2.17. The highest BCUT2D eigenvalue weighted by molar-refractivity contribution is 14.1. The minimum Gasteiger partial charge on any atom is -0.310 e. The molecule has 0 bridgehead atoms. The zero-order valence-corrected chi connectivity index (χ0v) is 14.2. The fourth-order valence-corrected chi connectivity index (χ4v) is 3.60. The van der Waals surface area contributed by atoms with Gasteiger partial charge in [-0.1, -0.05) is 18.5 Å². The summed E-state index contributed by atoms with van der Waals surface area (Å²) in [7, 11) is 0. The van der Waals surface area contributed by atoms with Gasteiger partial charge in [-0.3, -0.25) is 0 Å². The Hall–Kier alpha value is -0.170. The number of hydrogen-bond donors (Lipinski definition) is 1. The molecule has 102 valence electrons. The monoisotopic (exact) mass is 409 g/mol. The predicted octanol–water partition coefficient (Wildman–Crippen LogP) is 5.04. The second-order valence-corrected chi connectivity index (χ2v) is 7.45. The minimum atomic E-state index is -0.241. The molecule has 1 heterocycles. The van der Waals surface area contributed by atoms with Crippen molar-refractivity contribution in [1.82, 2.24) is 5.32 Å². The molecule has 0 saturated heterocycles. The Bertz CT molecular complexity index is 558. The van der Waals surface area contributed by atoms with E-state index in [1.165, 1.54) is 20.6 Å². The SMILES string of the molecule is CCNC(Cc1cc(F)ccc1Cl)c1csc(I)c1. The molecule has 0 aliphatic heterocycles. The summed E-state index contributed by atoms with van der Waals surface area (Å²) in [6.45, 7) is 2.93. The van der Waals surface area contributed by atoms with Gasteiger partial charge in [0.25, 0.3) is 0 Å². The van der Waals surface area contributed by atoms with Crippen molar-refractivity contribution in [2.75, 3.05) is 6.54 Å². The summed E-state index contributed by atoms with van der Waals surface area (Å²) in [4.78, 5) is 0. The topological polar surface area (TPSA) is 12.0 Å². The molecule has 1 nitrogen and oxygen atoms in total. The number of thiophene rings is 1. The summed E-state index contributed by atoms with van der Waals surface area (Å²) in [6.07, 6.45) is 0.692. The Labute approximate surface area is 135 Å². The van der Waals surface area contributed by atoms with E-state index in [0.717, 1.165) is 12.1 Å². The summed E-state index contributed by atoms with van der Waals surface area (Å²) >= 11 is 10.2. The second kappa shape index (κ2) is 7.02. The van der Waals surface area contributed by atoms with Gasteiger partial charge in [0.05, 0.1) is 2.88 Å². The molecule has 5 heteroatoms. The van der Waals surface area contributed by atoms with Crippen LogP contribution in [0.4, 0.5) is 4.39 Å². The van der Waals surface area contributed by atoms with Gasteiger partial charge in [0.15, 0.2) is 0 Å². The molecule has 0 saturated carbocycles. The highest BCUT2D eigenvalue weighted by Gasteiger charge is 2.15. The number of nitrogens with one attached hydrogen (secondary N) is 1. The van der Waals surface area contributed by atoms with E-state index in [0.29, 0.717) is 11.4 Å². The van der Waals surface area contributed by atoms with Gasteiger partial charge in [-0.25, -0.2) is 4.39 Å². The fourth-order valence-electron chi connectivity index (χ4n) is 1.98. The molecule has 2 rings (SSSR count). The van der Waals surface area contributed by atoms with E-state index >= 15 is 0 Å². The molecule has 0 aliphatic carbocycles. The first-order valence-corrected chi connectivity index (χ1v) is 8.35. The van der Waals surface area contributed by atoms with Crippen LogP contribution in [0.15, 0.2) is 29.6 Å². The minimum absolute atomic E-state index is 0.170. The summed E-state index contributed by atoms with van der Waals surface area (Å²) in [5.74, 6) is -0.241. The third-order valence-electron chi connectivity index (χ3n) is 2.87. The number of hydrogen-bond acceptors (Lipinski definition) is 2. The van der Waals surface area contributed by atoms with E-state index in [9.17, 15) is 4.39 Å². The van der Waals surface area contributed by atoms with Crippen LogP contribution in [0.25, 0.3) is 0 Å². The molecule has 0 spiro atoms. The number of benzene rings is 1. The van der Waals surface area contributed by atoms with Gasteiger partial charge >= 0.3 is 0 Å². The van der Waals surface area contributed by atoms with Crippen molar-refractivity contribution in [3.63, 3.8) is 0 Å². The van der Waals surface area contributed by atoms with Crippen molar-refractivity contribution in [2.45, 2.75) is 19.4 Å². The van der Waals surface area contributed by atoms with E-state index in [1.807, 2.05) is 0 Å². The average molecular weight is 410 g/mol. The molecular weight excluding hydrogens is 396 g/mol. The second-order valence-electron chi connectivity index (χ2n) is 4.23. The van der Waals surface area contributed by atoms with Crippen molar-refractivity contribution in [3.05, 3.63) is 54.5 Å². The molecule has 19 heavy (non-hydrogen) atoms. The van der Waals surface area contributed by atoms with Crippen molar-refractivity contribution in [1.29, 1.82) is 0 Å². The molecule has 2 aromatic rings. The van der Waals surface area contributed by atoms with Crippen molar-refractivity contribution < 1.29 is 4.39 Å². The van der Waals surface area contributed by atoms with Gasteiger partial charge in [-0.05, 0) is 76.3 Å². The lowest BCUT2D eigenvalue weighted by atomic mass is 10.0. The standard InChI is InChI=1S/C14H14ClFINS/c1-2-18-13(10-7-14(17)19-8-10)6-9-5-11(16)3-4-12(9)15/h3-5,7-8,13,18H,2,6H2,1H3. The highest BCUT2D eigenvalue weighted by atomic mass is 127. The highest BCUT2D eigenvalue weighted by Crippen LogP contribution is 2.27. The Balaban J connectivity index is 2.23. The van der Waals surface area contributed by atoms with E-state index in [4.69, 9.17) is 11.6 Å². The summed E-state index contributed by atoms with van der Waals surface area (Å²) < 4.78 is 14.6. The molecule has 1 aromatic heterocycles. The zero-order valence-electron chi connectivity index (χ0n) is 10.4. The van der Waals surface area contributed by atoms with Crippen LogP contribution in [-0.4, -0.2) is 6.54 Å². The van der Waals surface area contributed by atoms with Crippen LogP contribution < -0.4 is 5.32 Å². The quantitative estimate of drug-likeness (QED) is 0.682. The van der Waals surface area contributed by atoms with Crippen LogP contribution in [0.5, 0.6) is 0 Å². The Morgan fingerprint density at radius 2 is 2.21 bits per heavy atom. The van der Waals surface area contributed by atoms with Crippen LogP contribution >= 0.6 is 45.5 Å². The molecule has 1 N–H and O–H groups in total. The molecule has 0 amide bonds. The zero-order chi connectivity index (χ0) is 13.8. The van der Waals surface area contributed by atoms with Gasteiger partial charge < -0.3 is 5.32 Å². The normalized spacial score (nSPS) is 12.6. The molecule has 0 radical (unpaired) electrons. The smallest absolute Gasteiger partial charge is 0.123 e. The Morgan fingerprint density at radius 1 is 1.42 bits per heavy atom. The average Bonchev–Trinajstić information content (AvgIpc) is 2.80. The third-order valence-corrected chi connectivity index (χ3v) is 5.05. The summed E-state index contributed by atoms with van der Waals surface area (Å²) in [5.41, 5.74) is 2.07. The summed E-state index contributed by atoms with van der Waals surface area (Å²) in [5, 5.41) is 6.19. The maximum atomic E-state index is 13.3. The van der Waals surface area contributed by atoms with E-state index in [2.05, 4.69) is 46.3 Å². The van der Waals surface area contributed by atoms with Crippen LogP contribution in [0.3, 0.4) is 0 Å². The Morgan fingerprint density at radius 3 is 2.84 bits per heavy atom. The van der Waals surface area contributed by atoms with Gasteiger partial charge in [-0.2, -0.15) is 0 Å². The molecule has 1 atom stereocenters. The molecule has 1 unspecified atom stereocenters. The first-order valence-electron chi connectivity index (χ1n) is 6.01. The van der Waals surface area contributed by atoms with Crippen molar-refractivity contribution in [2.24, 2.45) is 0 Å². The van der Waals surface area contributed by atoms with Gasteiger partial charge in [-0.15, -0.1) is 11.3 Å². The van der Waals surface area contributed by atoms with E-state index in [1.54, 1.807) is 17.4 Å². The van der Waals surface area contributed by atoms with E-state index < -0.39 is 0 Å². The van der Waals surface area contributed by atoms with Gasteiger partial charge in [0, 0.05) is 11.1 Å². The Kier molecular flexibility index (Phi) is 5.62. The lowest BCUT2D eigenvalue weighted by Crippen LogP contribution is -2.22. The van der Waals surface area contributed by atoms with E-state index in [-0.39, 0.29) is 11.9 Å². The molecule has 1 aromatic carbocycles. The number of halogens is 3. The number of rotatable bonds is 5. The number of likely N-dealkylation sites (N-methyl/N-ethyl adjacent to an activating group) is 1. The van der Waals surface area contributed by atoms with Crippen molar-refractivity contribution >= 4 is 45.5 Å². The maximum absolute atomic E-state index is 13.3. The first-order chi connectivity index (χ1) is 9.10. The van der Waals surface area contributed by atoms with Crippen LogP contribution in [0.1, 0.15) is 24.1 Å². The first kappa shape index (κ1) is 15.2. The van der Waals surface area contributed by atoms with Crippen LogP contribution in [0.2, 0.25) is 5.02 Å². The van der Waals surface area contributed by atoms with Crippen LogP contribution in [0, 0.1) is 8.70 Å². The molecular formula is C14H14ClFINS.